The van der Waals surface area contributed by atoms with Crippen LogP contribution in [-0.2, 0) is 6.54 Å². The number of ether oxygens (including phenoxy) is 1. The van der Waals surface area contributed by atoms with Crippen molar-refractivity contribution in [3.8, 4) is 11.5 Å². The molecule has 0 bridgehead atoms. The Hall–Kier alpha value is -3.83. The number of hydrogen-bond donors (Lipinski definition) is 3. The van der Waals surface area contributed by atoms with Crippen molar-refractivity contribution in [1.82, 2.24) is 4.98 Å². The molecular formula is C22H17F3N4O3S. The molecule has 7 nitrogen and oxygen atoms in total. The molecule has 0 unspecified atom stereocenters. The minimum atomic E-state index is -4.77. The van der Waals surface area contributed by atoms with Crippen molar-refractivity contribution in [2.24, 2.45) is 5.90 Å². The lowest BCUT2D eigenvalue weighted by molar-refractivity contribution is -0.274. The van der Waals surface area contributed by atoms with Crippen LogP contribution in [-0.4, -0.2) is 17.3 Å². The standard InChI is InChI=1S/C22H17F3N4O3S/c23-22(24,25)31-15-3-1-14(2-4-15)29-21(30)20-18(8-10-33-20)28-12-13-7-9-27-19-11-16(32-26)5-6-17(13)19/h1-11,28H,12,26H2,(H,29,30). The predicted molar refractivity (Wildman–Crippen MR) is 119 cm³/mol. The fourth-order valence-electron chi connectivity index (χ4n) is 3.16. The van der Waals surface area contributed by atoms with E-state index in [1.165, 1.54) is 23.5 Å². The lowest BCUT2D eigenvalue weighted by Gasteiger charge is -2.11. The van der Waals surface area contributed by atoms with Gasteiger partial charge in [-0.25, -0.2) is 0 Å². The van der Waals surface area contributed by atoms with E-state index in [0.29, 0.717) is 28.5 Å². The topological polar surface area (TPSA) is 98.5 Å². The molecule has 1 amide bonds. The van der Waals surface area contributed by atoms with E-state index in [9.17, 15) is 18.0 Å². The average Bonchev–Trinajstić information content (AvgIpc) is 3.26. The number of alkyl halides is 3. The first-order valence-corrected chi connectivity index (χ1v) is 10.4. The van der Waals surface area contributed by atoms with E-state index in [0.717, 1.165) is 28.6 Å². The van der Waals surface area contributed by atoms with Crippen molar-refractivity contribution in [3.05, 3.63) is 76.6 Å². The maximum absolute atomic E-state index is 12.7. The van der Waals surface area contributed by atoms with E-state index in [1.807, 2.05) is 12.1 Å². The number of rotatable bonds is 7. The largest absolute Gasteiger partial charge is 0.573 e. The number of pyridine rings is 1. The van der Waals surface area contributed by atoms with Crippen LogP contribution >= 0.6 is 11.3 Å². The highest BCUT2D eigenvalue weighted by atomic mass is 32.1. The number of anilines is 2. The first kappa shape index (κ1) is 22.4. The van der Waals surface area contributed by atoms with Crippen molar-refractivity contribution in [2.75, 3.05) is 10.6 Å². The van der Waals surface area contributed by atoms with Crippen LogP contribution in [0, 0.1) is 0 Å². The summed E-state index contributed by atoms with van der Waals surface area (Å²) in [4.78, 5) is 22.2. The van der Waals surface area contributed by atoms with Crippen molar-refractivity contribution in [2.45, 2.75) is 12.9 Å². The third-order valence-corrected chi connectivity index (χ3v) is 5.54. The van der Waals surface area contributed by atoms with Gasteiger partial charge < -0.3 is 20.2 Å². The lowest BCUT2D eigenvalue weighted by Crippen LogP contribution is -2.17. The van der Waals surface area contributed by atoms with Crippen LogP contribution in [0.2, 0.25) is 0 Å². The molecule has 11 heteroatoms. The van der Waals surface area contributed by atoms with Crippen molar-refractivity contribution >= 4 is 39.5 Å². The van der Waals surface area contributed by atoms with E-state index in [2.05, 4.69) is 20.4 Å². The summed E-state index contributed by atoms with van der Waals surface area (Å²) >= 11 is 1.24. The Kier molecular flexibility index (Phi) is 6.33. The number of nitrogens with zero attached hydrogens (tertiary/aromatic N) is 1. The summed E-state index contributed by atoms with van der Waals surface area (Å²) in [6.07, 6.45) is -3.10. The molecule has 33 heavy (non-hydrogen) atoms. The van der Waals surface area contributed by atoms with Gasteiger partial charge in [-0.3, -0.25) is 9.78 Å². The van der Waals surface area contributed by atoms with Gasteiger partial charge in [0.05, 0.1) is 11.2 Å². The Morgan fingerprint density at radius 1 is 1.06 bits per heavy atom. The van der Waals surface area contributed by atoms with E-state index < -0.39 is 6.36 Å². The molecule has 4 N–H and O–H groups in total. The number of nitrogens with one attached hydrogen (secondary N) is 2. The zero-order valence-electron chi connectivity index (χ0n) is 16.8. The van der Waals surface area contributed by atoms with Crippen LogP contribution in [0.3, 0.4) is 0 Å². The molecule has 0 saturated carbocycles. The maximum Gasteiger partial charge on any atom is 0.573 e. The van der Waals surface area contributed by atoms with E-state index in [-0.39, 0.29) is 11.7 Å². The molecule has 2 heterocycles. The summed E-state index contributed by atoms with van der Waals surface area (Å²) in [5, 5.41) is 8.61. The molecule has 2 aromatic heterocycles. The number of aromatic nitrogens is 1. The fourth-order valence-corrected chi connectivity index (χ4v) is 3.92. The zero-order chi connectivity index (χ0) is 23.4. The van der Waals surface area contributed by atoms with Gasteiger partial charge in [-0.05, 0) is 59.5 Å². The van der Waals surface area contributed by atoms with Gasteiger partial charge in [-0.2, -0.15) is 5.90 Å². The van der Waals surface area contributed by atoms with E-state index in [1.54, 1.807) is 29.8 Å². The summed E-state index contributed by atoms with van der Waals surface area (Å²) < 4.78 is 40.7. The Labute approximate surface area is 189 Å². The van der Waals surface area contributed by atoms with Crippen LogP contribution in [0.25, 0.3) is 10.9 Å². The lowest BCUT2D eigenvalue weighted by atomic mass is 10.1. The number of carbonyl (C=O) groups excluding carboxylic acids is 1. The van der Waals surface area contributed by atoms with Crippen molar-refractivity contribution < 1.29 is 27.5 Å². The highest BCUT2D eigenvalue weighted by Crippen LogP contribution is 2.28. The highest BCUT2D eigenvalue weighted by molar-refractivity contribution is 7.12. The minimum absolute atomic E-state index is 0.340. The number of hydrogen-bond acceptors (Lipinski definition) is 7. The molecule has 0 aliphatic carbocycles. The normalized spacial score (nSPS) is 11.3. The van der Waals surface area contributed by atoms with Gasteiger partial charge in [-0.15, -0.1) is 24.5 Å². The quantitative estimate of drug-likeness (QED) is 0.314. The third-order valence-electron chi connectivity index (χ3n) is 4.63. The molecule has 0 saturated heterocycles. The van der Waals surface area contributed by atoms with Gasteiger partial charge >= 0.3 is 6.36 Å². The smallest absolute Gasteiger partial charge is 0.411 e. The number of carbonyl (C=O) groups is 1. The minimum Gasteiger partial charge on any atom is -0.411 e. The summed E-state index contributed by atoms with van der Waals surface area (Å²) in [6.45, 7) is 0.433. The first-order valence-electron chi connectivity index (χ1n) is 9.55. The summed E-state index contributed by atoms with van der Waals surface area (Å²) in [7, 11) is 0. The molecule has 170 valence electrons. The Morgan fingerprint density at radius 3 is 2.55 bits per heavy atom. The SMILES string of the molecule is NOc1ccc2c(CNc3ccsc3C(=O)Nc3ccc(OC(F)(F)F)cc3)ccnc2c1. The van der Waals surface area contributed by atoms with Gasteiger partial charge in [0.15, 0.2) is 0 Å². The first-order chi connectivity index (χ1) is 15.8. The number of thiophene rings is 1. The van der Waals surface area contributed by atoms with Gasteiger partial charge in [0.1, 0.15) is 16.4 Å². The molecule has 0 radical (unpaired) electrons. The maximum atomic E-state index is 12.7. The van der Waals surface area contributed by atoms with Gasteiger partial charge in [0.25, 0.3) is 5.91 Å². The summed E-state index contributed by atoms with van der Waals surface area (Å²) in [5.41, 5.74) is 2.65. The van der Waals surface area contributed by atoms with Crippen molar-refractivity contribution in [1.29, 1.82) is 0 Å². The van der Waals surface area contributed by atoms with Crippen LogP contribution in [0.4, 0.5) is 24.5 Å². The fraction of sp³-hybridized carbons (Fsp3) is 0.0909. The zero-order valence-corrected chi connectivity index (χ0v) is 17.7. The van der Waals surface area contributed by atoms with Crippen LogP contribution < -0.4 is 26.1 Å². The molecule has 0 atom stereocenters. The Balaban J connectivity index is 1.44. The van der Waals surface area contributed by atoms with E-state index in [4.69, 9.17) is 10.7 Å². The third kappa shape index (κ3) is 5.51. The monoisotopic (exact) mass is 474 g/mol. The molecular weight excluding hydrogens is 457 g/mol. The number of benzene rings is 2. The second-order valence-electron chi connectivity index (χ2n) is 6.81. The predicted octanol–water partition coefficient (Wildman–Crippen LogP) is 5.31. The van der Waals surface area contributed by atoms with E-state index >= 15 is 0 Å². The molecule has 0 aliphatic heterocycles. The van der Waals surface area contributed by atoms with Gasteiger partial charge in [0.2, 0.25) is 0 Å². The molecule has 0 aliphatic rings. The Bertz CT molecular complexity index is 1280. The summed E-state index contributed by atoms with van der Waals surface area (Å²) in [6, 6.07) is 13.9. The van der Waals surface area contributed by atoms with Crippen LogP contribution in [0.15, 0.2) is 66.2 Å². The van der Waals surface area contributed by atoms with Crippen molar-refractivity contribution in [3.63, 3.8) is 0 Å². The van der Waals surface area contributed by atoms with Crippen LogP contribution in [0.5, 0.6) is 11.5 Å². The molecule has 0 fully saturated rings. The number of amides is 1. The van der Waals surface area contributed by atoms with Crippen LogP contribution in [0.1, 0.15) is 15.2 Å². The average molecular weight is 474 g/mol. The highest BCUT2D eigenvalue weighted by Gasteiger charge is 2.31. The van der Waals surface area contributed by atoms with Gasteiger partial charge in [0, 0.05) is 29.9 Å². The molecule has 0 spiro atoms. The molecule has 4 aromatic rings. The van der Waals surface area contributed by atoms with Gasteiger partial charge in [-0.1, -0.05) is 0 Å². The number of nitrogens with two attached hydrogens (primary N) is 1. The number of fused-ring (bicyclic) bond motifs is 1. The number of halogens is 3. The molecule has 4 rings (SSSR count). The summed E-state index contributed by atoms with van der Waals surface area (Å²) in [5.74, 6) is 4.95. The Morgan fingerprint density at radius 2 is 1.82 bits per heavy atom. The second kappa shape index (κ2) is 9.35. The second-order valence-corrected chi connectivity index (χ2v) is 7.73. The molecule has 2 aromatic carbocycles.